The zero-order valence-electron chi connectivity index (χ0n) is 14.2. The van der Waals surface area contributed by atoms with Crippen molar-refractivity contribution >= 4 is 11.4 Å². The molecule has 1 aromatic carbocycles. The molecule has 24 heavy (non-hydrogen) atoms. The molecule has 2 saturated carbocycles. The average Bonchev–Trinajstić information content (AvgIpc) is 3.24. The topological polar surface area (TPSA) is 58.8 Å². The summed E-state index contributed by atoms with van der Waals surface area (Å²) in [5, 5.41) is 11.0. The van der Waals surface area contributed by atoms with Gasteiger partial charge in [0.15, 0.2) is 5.75 Å². The van der Waals surface area contributed by atoms with E-state index in [4.69, 9.17) is 4.74 Å². The molecule has 1 saturated heterocycles. The van der Waals surface area contributed by atoms with Crippen molar-refractivity contribution in [3.05, 3.63) is 28.3 Å². The van der Waals surface area contributed by atoms with Gasteiger partial charge in [-0.15, -0.1) is 0 Å². The highest BCUT2D eigenvalue weighted by Gasteiger charge is 2.42. The highest BCUT2D eigenvalue weighted by atomic mass is 16.6. The molecule has 0 N–H and O–H groups in total. The van der Waals surface area contributed by atoms with Gasteiger partial charge in [0.2, 0.25) is 0 Å². The number of rotatable bonds is 4. The lowest BCUT2D eigenvalue weighted by atomic mass is 9.93. The summed E-state index contributed by atoms with van der Waals surface area (Å²) in [6.45, 7) is 4.14. The Morgan fingerprint density at radius 2 is 1.96 bits per heavy atom. The monoisotopic (exact) mass is 331 g/mol. The first kappa shape index (κ1) is 15.7. The number of methoxy groups -OCH3 is 1. The summed E-state index contributed by atoms with van der Waals surface area (Å²) < 4.78 is 5.20. The summed E-state index contributed by atoms with van der Waals surface area (Å²) in [4.78, 5) is 15.6. The first-order chi connectivity index (χ1) is 11.7. The molecule has 0 radical (unpaired) electrons. The summed E-state index contributed by atoms with van der Waals surface area (Å²) in [6.07, 6.45) is 5.72. The molecule has 1 aliphatic heterocycles. The molecule has 0 aromatic heterocycles. The quantitative estimate of drug-likeness (QED) is 0.627. The normalized spacial score (nSPS) is 29.9. The van der Waals surface area contributed by atoms with Crippen LogP contribution in [0.15, 0.2) is 18.2 Å². The largest absolute Gasteiger partial charge is 0.490 e. The van der Waals surface area contributed by atoms with Crippen LogP contribution in [0, 0.1) is 22.0 Å². The van der Waals surface area contributed by atoms with Crippen molar-refractivity contribution in [2.75, 3.05) is 38.2 Å². The first-order valence-corrected chi connectivity index (χ1v) is 8.97. The third-order valence-corrected chi connectivity index (χ3v) is 6.21. The van der Waals surface area contributed by atoms with E-state index in [0.717, 1.165) is 49.7 Å². The Morgan fingerprint density at radius 3 is 2.54 bits per heavy atom. The Morgan fingerprint density at radius 1 is 1.17 bits per heavy atom. The molecule has 6 heteroatoms. The summed E-state index contributed by atoms with van der Waals surface area (Å²) >= 11 is 0. The van der Waals surface area contributed by atoms with Gasteiger partial charge in [0.05, 0.1) is 12.0 Å². The minimum absolute atomic E-state index is 0.0295. The second-order valence-corrected chi connectivity index (χ2v) is 7.38. The van der Waals surface area contributed by atoms with Crippen LogP contribution in [-0.4, -0.2) is 49.2 Å². The van der Waals surface area contributed by atoms with E-state index in [2.05, 4.69) is 9.80 Å². The maximum Gasteiger partial charge on any atom is 0.311 e. The van der Waals surface area contributed by atoms with Gasteiger partial charge >= 0.3 is 5.69 Å². The fourth-order valence-electron chi connectivity index (χ4n) is 4.98. The molecule has 6 nitrogen and oxygen atoms in total. The molecule has 3 atom stereocenters. The van der Waals surface area contributed by atoms with E-state index >= 15 is 0 Å². The second-order valence-electron chi connectivity index (χ2n) is 7.38. The minimum Gasteiger partial charge on any atom is -0.490 e. The van der Waals surface area contributed by atoms with Crippen molar-refractivity contribution in [3.63, 3.8) is 0 Å². The Hall–Kier alpha value is -1.82. The minimum atomic E-state index is -0.393. The van der Waals surface area contributed by atoms with Crippen molar-refractivity contribution in [2.45, 2.75) is 31.7 Å². The molecule has 3 fully saturated rings. The van der Waals surface area contributed by atoms with Crippen LogP contribution in [0.5, 0.6) is 5.75 Å². The number of nitro benzene ring substituents is 1. The molecule has 3 aliphatic rings. The third-order valence-electron chi connectivity index (χ3n) is 6.21. The van der Waals surface area contributed by atoms with E-state index < -0.39 is 4.92 Å². The highest BCUT2D eigenvalue weighted by Crippen LogP contribution is 2.46. The van der Waals surface area contributed by atoms with E-state index in [1.807, 2.05) is 6.07 Å². The van der Waals surface area contributed by atoms with Crippen LogP contribution in [0.4, 0.5) is 11.4 Å². The van der Waals surface area contributed by atoms with Crippen molar-refractivity contribution in [2.24, 2.45) is 11.8 Å². The molecular formula is C18H25N3O3. The smallest absolute Gasteiger partial charge is 0.311 e. The average molecular weight is 331 g/mol. The molecule has 2 bridgehead atoms. The van der Waals surface area contributed by atoms with Gasteiger partial charge < -0.3 is 9.64 Å². The fourth-order valence-corrected chi connectivity index (χ4v) is 4.98. The van der Waals surface area contributed by atoms with Gasteiger partial charge in [0.1, 0.15) is 0 Å². The molecule has 130 valence electrons. The van der Waals surface area contributed by atoms with Gasteiger partial charge in [-0.05, 0) is 37.2 Å². The molecule has 0 spiro atoms. The van der Waals surface area contributed by atoms with Crippen LogP contribution in [-0.2, 0) is 0 Å². The Bertz CT molecular complexity index is 628. The number of ether oxygens (including phenoxy) is 1. The molecular weight excluding hydrogens is 306 g/mol. The fraction of sp³-hybridized carbons (Fsp3) is 0.667. The molecule has 1 aromatic rings. The van der Waals surface area contributed by atoms with E-state index in [0.29, 0.717) is 5.75 Å². The summed E-state index contributed by atoms with van der Waals surface area (Å²) in [5.41, 5.74) is 1.05. The Labute approximate surface area is 142 Å². The van der Waals surface area contributed by atoms with Crippen LogP contribution in [0.1, 0.15) is 25.7 Å². The number of piperazine rings is 1. The number of hydrogen-bond acceptors (Lipinski definition) is 5. The number of benzene rings is 1. The van der Waals surface area contributed by atoms with Gasteiger partial charge in [-0.1, -0.05) is 6.42 Å². The maximum absolute atomic E-state index is 11.0. The van der Waals surface area contributed by atoms with E-state index in [1.165, 1.54) is 32.8 Å². The lowest BCUT2D eigenvalue weighted by Gasteiger charge is -2.41. The van der Waals surface area contributed by atoms with Crippen LogP contribution in [0.3, 0.4) is 0 Å². The van der Waals surface area contributed by atoms with Crippen molar-refractivity contribution in [1.29, 1.82) is 0 Å². The van der Waals surface area contributed by atoms with Crippen LogP contribution < -0.4 is 9.64 Å². The van der Waals surface area contributed by atoms with Crippen LogP contribution >= 0.6 is 0 Å². The lowest BCUT2D eigenvalue weighted by Crippen LogP contribution is -2.51. The summed E-state index contributed by atoms with van der Waals surface area (Å²) in [5.74, 6) is 2.26. The zero-order chi connectivity index (χ0) is 16.7. The first-order valence-electron chi connectivity index (χ1n) is 8.97. The van der Waals surface area contributed by atoms with Gasteiger partial charge in [-0.3, -0.25) is 15.0 Å². The van der Waals surface area contributed by atoms with Crippen LogP contribution in [0.25, 0.3) is 0 Å². The highest BCUT2D eigenvalue weighted by molar-refractivity contribution is 5.59. The number of fused-ring (bicyclic) bond motifs is 2. The van der Waals surface area contributed by atoms with Crippen molar-refractivity contribution in [1.82, 2.24) is 4.90 Å². The zero-order valence-corrected chi connectivity index (χ0v) is 14.2. The van der Waals surface area contributed by atoms with Crippen molar-refractivity contribution in [3.8, 4) is 5.75 Å². The molecule has 1 heterocycles. The summed E-state index contributed by atoms with van der Waals surface area (Å²) in [6, 6.07) is 5.99. The number of hydrogen-bond donors (Lipinski definition) is 0. The van der Waals surface area contributed by atoms with Crippen molar-refractivity contribution < 1.29 is 9.66 Å². The third kappa shape index (κ3) is 2.73. The molecule has 0 amide bonds. The Kier molecular flexibility index (Phi) is 4.08. The number of anilines is 1. The van der Waals surface area contributed by atoms with E-state index in [1.54, 1.807) is 12.1 Å². The number of nitro groups is 1. The van der Waals surface area contributed by atoms with Crippen LogP contribution in [0.2, 0.25) is 0 Å². The number of nitrogens with zero attached hydrogens (tertiary/aromatic N) is 3. The van der Waals surface area contributed by atoms with Gasteiger partial charge in [0, 0.05) is 50.0 Å². The maximum atomic E-state index is 11.0. The van der Waals surface area contributed by atoms with Gasteiger partial charge in [-0.25, -0.2) is 0 Å². The molecule has 3 unspecified atom stereocenters. The van der Waals surface area contributed by atoms with E-state index in [-0.39, 0.29) is 5.69 Å². The molecule has 4 rings (SSSR count). The standard InChI is InChI=1S/C18H25N3O3/c1-24-18-12-15(4-5-16(18)21(22)23)19-6-8-20(9-7-19)17-11-13-2-3-14(17)10-13/h4-5,12-14,17H,2-3,6-11H2,1H3. The predicted octanol–water partition coefficient (Wildman–Crippen LogP) is 2.91. The van der Waals surface area contributed by atoms with E-state index in [9.17, 15) is 10.1 Å². The van der Waals surface area contributed by atoms with Gasteiger partial charge in [0.25, 0.3) is 0 Å². The predicted molar refractivity (Wildman–Crippen MR) is 92.7 cm³/mol. The van der Waals surface area contributed by atoms with Gasteiger partial charge in [-0.2, -0.15) is 0 Å². The Balaban J connectivity index is 1.41. The molecule has 2 aliphatic carbocycles. The lowest BCUT2D eigenvalue weighted by molar-refractivity contribution is -0.385. The summed E-state index contributed by atoms with van der Waals surface area (Å²) in [7, 11) is 1.49. The second kappa shape index (κ2) is 6.24. The SMILES string of the molecule is COc1cc(N2CCN(C3CC4CCC3C4)CC2)ccc1[N+](=O)[O-].